The minimum absolute atomic E-state index is 0.00294. The molecule has 0 radical (unpaired) electrons. The van der Waals surface area contributed by atoms with Crippen LogP contribution in [0, 0.1) is 27.7 Å². The van der Waals surface area contributed by atoms with Crippen LogP contribution in [-0.2, 0) is 9.59 Å². The van der Waals surface area contributed by atoms with Crippen LogP contribution in [0.25, 0.3) is 0 Å². The van der Waals surface area contributed by atoms with Gasteiger partial charge in [-0.2, -0.15) is 0 Å². The van der Waals surface area contributed by atoms with Gasteiger partial charge in [0.1, 0.15) is 0 Å². The smallest absolute Gasteiger partial charge is 0.238 e. The van der Waals surface area contributed by atoms with Crippen molar-refractivity contribution in [2.75, 3.05) is 49.9 Å². The van der Waals surface area contributed by atoms with Crippen molar-refractivity contribution in [3.63, 3.8) is 0 Å². The number of nitrogens with zero attached hydrogens (tertiary/aromatic N) is 2. The molecule has 0 atom stereocenters. The number of aryl methyl sites for hydroxylation is 4. The van der Waals surface area contributed by atoms with Crippen molar-refractivity contribution in [1.29, 1.82) is 0 Å². The minimum Gasteiger partial charge on any atom is -0.325 e. The van der Waals surface area contributed by atoms with Crippen LogP contribution in [-0.4, -0.2) is 60.9 Å². The van der Waals surface area contributed by atoms with Gasteiger partial charge in [-0.3, -0.25) is 19.4 Å². The van der Waals surface area contributed by atoms with Crippen LogP contribution in [0.1, 0.15) is 22.3 Å². The second kappa shape index (κ2) is 9.87. The third-order valence-electron chi connectivity index (χ3n) is 5.60. The Morgan fingerprint density at radius 3 is 1.83 bits per heavy atom. The molecule has 0 spiro atoms. The molecule has 0 aromatic heterocycles. The summed E-state index contributed by atoms with van der Waals surface area (Å²) >= 11 is 0. The van der Waals surface area contributed by atoms with E-state index in [1.165, 1.54) is 5.56 Å². The molecule has 1 aliphatic rings. The van der Waals surface area contributed by atoms with Crippen molar-refractivity contribution in [1.82, 2.24) is 9.80 Å². The second-order valence-corrected chi connectivity index (χ2v) is 8.23. The fourth-order valence-electron chi connectivity index (χ4n) is 3.85. The molecule has 30 heavy (non-hydrogen) atoms. The van der Waals surface area contributed by atoms with Gasteiger partial charge in [0.25, 0.3) is 0 Å². The van der Waals surface area contributed by atoms with Gasteiger partial charge in [-0.1, -0.05) is 35.9 Å². The minimum atomic E-state index is 0.00294. The Balaban J connectivity index is 1.43. The third kappa shape index (κ3) is 5.90. The zero-order valence-electron chi connectivity index (χ0n) is 18.4. The van der Waals surface area contributed by atoms with E-state index in [2.05, 4.69) is 26.5 Å². The lowest BCUT2D eigenvalue weighted by Gasteiger charge is -2.33. The average Bonchev–Trinajstić information content (AvgIpc) is 2.69. The Morgan fingerprint density at radius 1 is 0.767 bits per heavy atom. The molecule has 0 saturated carbocycles. The molecule has 2 N–H and O–H groups in total. The van der Waals surface area contributed by atoms with Gasteiger partial charge in [-0.05, 0) is 50.5 Å². The first-order valence-corrected chi connectivity index (χ1v) is 10.5. The highest BCUT2D eigenvalue weighted by Crippen LogP contribution is 2.19. The molecule has 3 rings (SSSR count). The van der Waals surface area contributed by atoms with Crippen LogP contribution in [0.4, 0.5) is 11.4 Å². The number of carbonyl (C=O) groups excluding carboxylic acids is 2. The Hall–Kier alpha value is -2.70. The first-order chi connectivity index (χ1) is 14.3. The summed E-state index contributed by atoms with van der Waals surface area (Å²) in [6.07, 6.45) is 0. The van der Waals surface area contributed by atoms with Gasteiger partial charge in [0.15, 0.2) is 0 Å². The van der Waals surface area contributed by atoms with Crippen LogP contribution in [0.2, 0.25) is 0 Å². The largest absolute Gasteiger partial charge is 0.325 e. The number of anilines is 2. The van der Waals surface area contributed by atoms with E-state index in [0.717, 1.165) is 54.2 Å². The van der Waals surface area contributed by atoms with E-state index < -0.39 is 0 Å². The number of piperazine rings is 1. The molecule has 160 valence electrons. The predicted octanol–water partition coefficient (Wildman–Crippen LogP) is 3.12. The monoisotopic (exact) mass is 408 g/mol. The molecule has 2 aromatic rings. The van der Waals surface area contributed by atoms with E-state index in [-0.39, 0.29) is 11.8 Å². The van der Waals surface area contributed by atoms with E-state index in [1.807, 2.05) is 58.0 Å². The number of para-hydroxylation sites is 1. The van der Waals surface area contributed by atoms with Crippen LogP contribution >= 0.6 is 0 Å². The van der Waals surface area contributed by atoms with Crippen molar-refractivity contribution < 1.29 is 9.59 Å². The molecule has 0 bridgehead atoms. The SMILES string of the molecule is Cc1ccc(NC(=O)CN2CCN(CC(=O)Nc3c(C)cccc3C)CC2)c(C)c1. The molecule has 1 saturated heterocycles. The summed E-state index contributed by atoms with van der Waals surface area (Å²) < 4.78 is 0. The summed E-state index contributed by atoms with van der Waals surface area (Å²) in [7, 11) is 0. The van der Waals surface area contributed by atoms with E-state index in [0.29, 0.717) is 13.1 Å². The normalized spacial score (nSPS) is 15.1. The summed E-state index contributed by atoms with van der Waals surface area (Å²) in [5.41, 5.74) is 6.17. The summed E-state index contributed by atoms with van der Waals surface area (Å²) in [4.78, 5) is 29.2. The molecular weight excluding hydrogens is 376 g/mol. The van der Waals surface area contributed by atoms with Crippen LogP contribution in [0.3, 0.4) is 0 Å². The molecule has 1 aliphatic heterocycles. The van der Waals surface area contributed by atoms with E-state index in [9.17, 15) is 9.59 Å². The molecule has 6 heteroatoms. The van der Waals surface area contributed by atoms with E-state index in [4.69, 9.17) is 0 Å². The Morgan fingerprint density at radius 2 is 1.30 bits per heavy atom. The Kier molecular flexibility index (Phi) is 7.24. The summed E-state index contributed by atoms with van der Waals surface area (Å²) in [5.74, 6) is 0.0108. The van der Waals surface area contributed by atoms with Crippen molar-refractivity contribution in [2.24, 2.45) is 0 Å². The second-order valence-electron chi connectivity index (χ2n) is 8.23. The molecule has 0 unspecified atom stereocenters. The molecule has 1 fully saturated rings. The highest BCUT2D eigenvalue weighted by atomic mass is 16.2. The van der Waals surface area contributed by atoms with Crippen molar-refractivity contribution in [2.45, 2.75) is 27.7 Å². The highest BCUT2D eigenvalue weighted by Gasteiger charge is 2.21. The topological polar surface area (TPSA) is 64.7 Å². The number of benzene rings is 2. The lowest BCUT2D eigenvalue weighted by Crippen LogP contribution is -2.50. The maximum absolute atomic E-state index is 12.5. The third-order valence-corrected chi connectivity index (χ3v) is 5.60. The number of hydrogen-bond donors (Lipinski definition) is 2. The number of carbonyl (C=O) groups is 2. The maximum atomic E-state index is 12.5. The van der Waals surface area contributed by atoms with Crippen molar-refractivity contribution >= 4 is 23.2 Å². The Labute approximate surface area is 179 Å². The van der Waals surface area contributed by atoms with E-state index >= 15 is 0 Å². The molecular formula is C24H32N4O2. The molecule has 2 aromatic carbocycles. The fourth-order valence-corrected chi connectivity index (χ4v) is 3.85. The van der Waals surface area contributed by atoms with Crippen molar-refractivity contribution in [3.05, 3.63) is 58.7 Å². The van der Waals surface area contributed by atoms with Crippen LogP contribution in [0.5, 0.6) is 0 Å². The van der Waals surface area contributed by atoms with Crippen LogP contribution < -0.4 is 10.6 Å². The standard InChI is InChI=1S/C24H32N4O2/c1-17-8-9-21(20(4)14-17)25-22(29)15-27-10-12-28(13-11-27)16-23(30)26-24-18(2)6-5-7-19(24)3/h5-9,14H,10-13,15-16H2,1-4H3,(H,25,29)(H,26,30). The van der Waals surface area contributed by atoms with Gasteiger partial charge in [-0.15, -0.1) is 0 Å². The zero-order valence-corrected chi connectivity index (χ0v) is 18.4. The number of nitrogens with one attached hydrogen (secondary N) is 2. The summed E-state index contributed by atoms with van der Waals surface area (Å²) in [6, 6.07) is 12.0. The van der Waals surface area contributed by atoms with Gasteiger partial charge in [0, 0.05) is 37.6 Å². The quantitative estimate of drug-likeness (QED) is 0.771. The highest BCUT2D eigenvalue weighted by molar-refractivity contribution is 5.94. The van der Waals surface area contributed by atoms with E-state index in [1.54, 1.807) is 0 Å². The van der Waals surface area contributed by atoms with Gasteiger partial charge >= 0.3 is 0 Å². The fraction of sp³-hybridized carbons (Fsp3) is 0.417. The number of hydrogen-bond acceptors (Lipinski definition) is 4. The lowest BCUT2D eigenvalue weighted by atomic mass is 10.1. The zero-order chi connectivity index (χ0) is 21.7. The number of amides is 2. The molecule has 6 nitrogen and oxygen atoms in total. The summed E-state index contributed by atoms with van der Waals surface area (Å²) in [5, 5.41) is 6.06. The molecule has 2 amide bonds. The first kappa shape index (κ1) is 22.0. The molecule has 1 heterocycles. The predicted molar refractivity (Wildman–Crippen MR) is 122 cm³/mol. The lowest BCUT2D eigenvalue weighted by molar-refractivity contribution is -0.120. The van der Waals surface area contributed by atoms with Gasteiger partial charge in [-0.25, -0.2) is 0 Å². The summed E-state index contributed by atoms with van der Waals surface area (Å²) in [6.45, 7) is 11.9. The average molecular weight is 409 g/mol. The maximum Gasteiger partial charge on any atom is 0.238 e. The Bertz CT molecular complexity index is 897. The van der Waals surface area contributed by atoms with Crippen LogP contribution in [0.15, 0.2) is 36.4 Å². The number of rotatable bonds is 6. The molecule has 0 aliphatic carbocycles. The first-order valence-electron chi connectivity index (χ1n) is 10.5. The van der Waals surface area contributed by atoms with Crippen molar-refractivity contribution in [3.8, 4) is 0 Å². The van der Waals surface area contributed by atoms with Gasteiger partial charge in [0.05, 0.1) is 13.1 Å². The van der Waals surface area contributed by atoms with Gasteiger partial charge in [0.2, 0.25) is 11.8 Å². The van der Waals surface area contributed by atoms with Gasteiger partial charge < -0.3 is 10.6 Å².